The molecule has 1 aromatic rings. The maximum Gasteiger partial charge on any atom is 0.326 e. The van der Waals surface area contributed by atoms with Crippen molar-refractivity contribution in [3.63, 3.8) is 0 Å². The second-order valence-electron chi connectivity index (χ2n) is 8.45. The molecule has 4 amide bonds. The molecule has 0 aliphatic rings. The summed E-state index contributed by atoms with van der Waals surface area (Å²) in [7, 11) is 0. The number of rotatable bonds is 17. The predicted molar refractivity (Wildman–Crippen MR) is 144 cm³/mol. The Bertz CT molecular complexity index is 989. The average molecular weight is 553 g/mol. The fourth-order valence-electron chi connectivity index (χ4n) is 3.28. The lowest BCUT2D eigenvalue weighted by atomic mass is 10.0. The Balaban J connectivity index is 3.05. The van der Waals surface area contributed by atoms with Crippen LogP contribution in [0.2, 0.25) is 0 Å². The molecule has 14 nitrogen and oxygen atoms in total. The zero-order chi connectivity index (χ0) is 28.7. The van der Waals surface area contributed by atoms with E-state index in [1.807, 2.05) is 0 Å². The average Bonchev–Trinajstić information content (AvgIpc) is 2.87. The molecule has 4 unspecified atom stereocenters. The van der Waals surface area contributed by atoms with Crippen molar-refractivity contribution in [3.05, 3.63) is 35.9 Å². The number of carboxylic acids is 1. The van der Waals surface area contributed by atoms with Gasteiger partial charge in [0.05, 0.1) is 6.04 Å². The number of nitrogens with two attached hydrogens (primary N) is 4. The summed E-state index contributed by atoms with van der Waals surface area (Å²) in [6.07, 6.45) is -0.0913. The lowest BCUT2D eigenvalue weighted by molar-refractivity contribution is -0.142. The van der Waals surface area contributed by atoms with Crippen LogP contribution in [0.4, 0.5) is 0 Å². The zero-order valence-electron chi connectivity index (χ0n) is 20.8. The Morgan fingerprint density at radius 2 is 1.42 bits per heavy atom. The molecule has 0 spiro atoms. The molecule has 15 heteroatoms. The van der Waals surface area contributed by atoms with Crippen molar-refractivity contribution in [1.29, 1.82) is 0 Å². The molecule has 0 aliphatic carbocycles. The second kappa shape index (κ2) is 16.8. The first-order valence-corrected chi connectivity index (χ1v) is 12.5. The Morgan fingerprint density at radius 3 is 1.95 bits per heavy atom. The summed E-state index contributed by atoms with van der Waals surface area (Å²) in [5, 5.41) is 17.0. The maximum absolute atomic E-state index is 13.1. The molecule has 1 rings (SSSR count). The van der Waals surface area contributed by atoms with Crippen LogP contribution < -0.4 is 38.9 Å². The van der Waals surface area contributed by atoms with Crippen molar-refractivity contribution in [2.45, 2.75) is 56.3 Å². The predicted octanol–water partition coefficient (Wildman–Crippen LogP) is -2.66. The van der Waals surface area contributed by atoms with E-state index in [9.17, 15) is 29.1 Å². The minimum absolute atomic E-state index is 0.0104. The van der Waals surface area contributed by atoms with E-state index < -0.39 is 53.8 Å². The summed E-state index contributed by atoms with van der Waals surface area (Å²) in [4.78, 5) is 65.4. The quantitative estimate of drug-likeness (QED) is 0.0422. The highest BCUT2D eigenvalue weighted by Crippen LogP contribution is 2.07. The number of carboxylic acid groups (broad SMARTS) is 1. The Morgan fingerprint density at radius 1 is 0.868 bits per heavy atom. The zero-order valence-corrected chi connectivity index (χ0v) is 21.7. The van der Waals surface area contributed by atoms with Gasteiger partial charge < -0.3 is 44.0 Å². The number of aliphatic carboxylic acids is 1. The molecular formula is C23H36N8O6S. The summed E-state index contributed by atoms with van der Waals surface area (Å²) >= 11 is 3.97. The summed E-state index contributed by atoms with van der Waals surface area (Å²) in [6, 6.07) is 3.90. The third-order valence-electron chi connectivity index (χ3n) is 5.32. The molecular weight excluding hydrogens is 516 g/mol. The van der Waals surface area contributed by atoms with Gasteiger partial charge in [0.2, 0.25) is 23.6 Å². The van der Waals surface area contributed by atoms with Gasteiger partial charge in [-0.25, -0.2) is 4.79 Å². The van der Waals surface area contributed by atoms with Crippen LogP contribution in [0.15, 0.2) is 35.3 Å². The molecule has 1 aromatic carbocycles. The minimum Gasteiger partial charge on any atom is -0.480 e. The van der Waals surface area contributed by atoms with Crippen molar-refractivity contribution in [3.8, 4) is 0 Å². The van der Waals surface area contributed by atoms with E-state index in [-0.39, 0.29) is 43.9 Å². The number of hydrogen-bond donors (Lipinski definition) is 9. The van der Waals surface area contributed by atoms with E-state index >= 15 is 0 Å². The SMILES string of the molecule is NC(=O)CCC(NC(=O)C(CCCN=C(N)N)NC(=O)C(N)CS)C(=O)NC(Cc1ccccc1)C(=O)O. The molecule has 0 aromatic heterocycles. The van der Waals surface area contributed by atoms with Crippen molar-refractivity contribution in [2.75, 3.05) is 12.3 Å². The topological polar surface area (TPSA) is 258 Å². The fraction of sp³-hybridized carbons (Fsp3) is 0.478. The first-order chi connectivity index (χ1) is 17.9. The number of nitrogens with one attached hydrogen (secondary N) is 3. The number of benzene rings is 1. The maximum atomic E-state index is 13.1. The Labute approximate surface area is 225 Å². The van der Waals surface area contributed by atoms with Gasteiger partial charge in [-0.3, -0.25) is 24.2 Å². The van der Waals surface area contributed by atoms with Gasteiger partial charge >= 0.3 is 5.97 Å². The number of carbonyl (C=O) groups excluding carboxylic acids is 4. The van der Waals surface area contributed by atoms with Gasteiger partial charge in [0.1, 0.15) is 18.1 Å². The number of aliphatic imine (C=N–C) groups is 1. The number of hydrogen-bond acceptors (Lipinski definition) is 8. The van der Waals surface area contributed by atoms with Crippen LogP contribution in [-0.4, -0.2) is 77.1 Å². The largest absolute Gasteiger partial charge is 0.480 e. The summed E-state index contributed by atoms with van der Waals surface area (Å²) in [5.41, 5.74) is 22.2. The van der Waals surface area contributed by atoms with Gasteiger partial charge in [-0.1, -0.05) is 30.3 Å². The van der Waals surface area contributed by atoms with Gasteiger partial charge in [0, 0.05) is 25.1 Å². The molecule has 0 aliphatic heterocycles. The number of thiol groups is 1. The van der Waals surface area contributed by atoms with Crippen LogP contribution in [-0.2, 0) is 30.4 Å². The minimum atomic E-state index is -1.32. The van der Waals surface area contributed by atoms with Crippen LogP contribution >= 0.6 is 12.6 Å². The number of carbonyl (C=O) groups is 5. The Hall–Kier alpha value is -3.85. The molecule has 0 radical (unpaired) electrons. The summed E-state index contributed by atoms with van der Waals surface area (Å²) in [5.74, 6) is -4.36. The number of guanidine groups is 1. The molecule has 38 heavy (non-hydrogen) atoms. The monoisotopic (exact) mass is 552 g/mol. The molecule has 0 fully saturated rings. The van der Waals surface area contributed by atoms with Crippen LogP contribution in [0.1, 0.15) is 31.2 Å². The van der Waals surface area contributed by atoms with E-state index in [1.165, 1.54) is 0 Å². The fourth-order valence-corrected chi connectivity index (χ4v) is 3.45. The smallest absolute Gasteiger partial charge is 0.326 e. The van der Waals surface area contributed by atoms with E-state index in [2.05, 4.69) is 33.6 Å². The van der Waals surface area contributed by atoms with Gasteiger partial charge in [0.15, 0.2) is 5.96 Å². The first-order valence-electron chi connectivity index (χ1n) is 11.8. The Kier molecular flexibility index (Phi) is 14.2. The lowest BCUT2D eigenvalue weighted by Gasteiger charge is -2.25. The van der Waals surface area contributed by atoms with Crippen LogP contribution in [0.5, 0.6) is 0 Å². The summed E-state index contributed by atoms with van der Waals surface area (Å²) < 4.78 is 0. The molecule has 0 saturated carbocycles. The molecule has 210 valence electrons. The number of nitrogens with zero attached hydrogens (tertiary/aromatic N) is 1. The second-order valence-corrected chi connectivity index (χ2v) is 8.82. The van der Waals surface area contributed by atoms with Gasteiger partial charge in [-0.2, -0.15) is 12.6 Å². The van der Waals surface area contributed by atoms with E-state index in [1.54, 1.807) is 30.3 Å². The van der Waals surface area contributed by atoms with Crippen molar-refractivity contribution in [1.82, 2.24) is 16.0 Å². The van der Waals surface area contributed by atoms with Crippen LogP contribution in [0.3, 0.4) is 0 Å². The van der Waals surface area contributed by atoms with Gasteiger partial charge in [-0.15, -0.1) is 0 Å². The van der Waals surface area contributed by atoms with Crippen molar-refractivity contribution >= 4 is 48.2 Å². The highest BCUT2D eigenvalue weighted by atomic mass is 32.1. The number of amides is 4. The van der Waals surface area contributed by atoms with Gasteiger partial charge in [-0.05, 0) is 24.8 Å². The molecule has 4 atom stereocenters. The van der Waals surface area contributed by atoms with Crippen LogP contribution in [0.25, 0.3) is 0 Å². The highest BCUT2D eigenvalue weighted by molar-refractivity contribution is 7.80. The van der Waals surface area contributed by atoms with E-state index in [4.69, 9.17) is 22.9 Å². The van der Waals surface area contributed by atoms with Crippen molar-refractivity contribution < 1.29 is 29.1 Å². The third kappa shape index (κ3) is 12.4. The highest BCUT2D eigenvalue weighted by Gasteiger charge is 2.30. The molecule has 12 N–H and O–H groups in total. The lowest BCUT2D eigenvalue weighted by Crippen LogP contribution is -2.57. The van der Waals surface area contributed by atoms with E-state index in [0.717, 1.165) is 0 Å². The first kappa shape index (κ1) is 32.2. The number of primary amides is 1. The third-order valence-corrected chi connectivity index (χ3v) is 5.71. The molecule has 0 heterocycles. The van der Waals surface area contributed by atoms with Crippen LogP contribution in [0, 0.1) is 0 Å². The molecule has 0 bridgehead atoms. The van der Waals surface area contributed by atoms with Crippen molar-refractivity contribution in [2.24, 2.45) is 27.9 Å². The van der Waals surface area contributed by atoms with Gasteiger partial charge in [0.25, 0.3) is 0 Å². The summed E-state index contributed by atoms with van der Waals surface area (Å²) in [6.45, 7) is 0.173. The van der Waals surface area contributed by atoms with E-state index in [0.29, 0.717) is 12.0 Å². The molecule has 0 saturated heterocycles. The standard InChI is InChI=1S/C23H36N8O6S/c24-14(12-38)19(33)29-15(7-4-10-28-23(26)27)20(34)30-16(8-9-18(25)32)21(35)31-17(22(36)37)11-13-5-2-1-3-6-13/h1-3,5-6,14-17,38H,4,7-12,24H2,(H2,25,32)(H,29,33)(H,30,34)(H,31,35)(H,36,37)(H4,26,27,28). The normalized spacial score (nSPS) is 13.7.